The number of amides is 1. The van der Waals surface area contributed by atoms with Crippen LogP contribution in [0.15, 0.2) is 54.6 Å². The second kappa shape index (κ2) is 5.47. The van der Waals surface area contributed by atoms with Crippen molar-refractivity contribution < 1.29 is 4.79 Å². The van der Waals surface area contributed by atoms with Crippen LogP contribution in [0.2, 0.25) is 0 Å². The molecule has 1 aliphatic rings. The summed E-state index contributed by atoms with van der Waals surface area (Å²) in [4.78, 5) is 16.9. The molecule has 0 aliphatic carbocycles. The third kappa shape index (κ3) is 2.45. The van der Waals surface area contributed by atoms with Gasteiger partial charge in [0.05, 0.1) is 0 Å². The standard InChI is InChI=1S/C17H18N2O/c1-18-11-12-19(16-10-6-5-9-15(16)13-18)17(20)14-7-3-2-4-8-14/h2-10H,11-13H2,1H3. The van der Waals surface area contributed by atoms with Crippen LogP contribution in [0.5, 0.6) is 0 Å². The first-order valence-corrected chi connectivity index (χ1v) is 6.89. The number of hydrogen-bond donors (Lipinski definition) is 0. The molecule has 0 unspecified atom stereocenters. The average Bonchev–Trinajstić information content (AvgIpc) is 2.66. The van der Waals surface area contributed by atoms with Crippen LogP contribution in [0.1, 0.15) is 15.9 Å². The second-order valence-electron chi connectivity index (χ2n) is 5.19. The Morgan fingerprint density at radius 3 is 2.45 bits per heavy atom. The number of carbonyl (C=O) groups excluding carboxylic acids is 1. The van der Waals surface area contributed by atoms with Crippen LogP contribution >= 0.6 is 0 Å². The number of likely N-dealkylation sites (N-methyl/N-ethyl adjacent to an activating group) is 1. The number of fused-ring (bicyclic) bond motifs is 1. The molecule has 0 saturated carbocycles. The number of anilines is 1. The summed E-state index contributed by atoms with van der Waals surface area (Å²) in [5.74, 6) is 0.0772. The molecule has 3 nitrogen and oxygen atoms in total. The summed E-state index contributed by atoms with van der Waals surface area (Å²) in [6.45, 7) is 2.49. The number of rotatable bonds is 1. The fourth-order valence-electron chi connectivity index (χ4n) is 2.62. The van der Waals surface area contributed by atoms with E-state index in [-0.39, 0.29) is 5.91 Å². The van der Waals surface area contributed by atoms with Gasteiger partial charge in [-0.1, -0.05) is 36.4 Å². The molecule has 2 aromatic rings. The summed E-state index contributed by atoms with van der Waals surface area (Å²) < 4.78 is 0. The highest BCUT2D eigenvalue weighted by atomic mass is 16.2. The van der Waals surface area contributed by atoms with Crippen molar-refractivity contribution in [3.8, 4) is 0 Å². The highest BCUT2D eigenvalue weighted by molar-refractivity contribution is 6.06. The Balaban J connectivity index is 1.99. The fraction of sp³-hybridized carbons (Fsp3) is 0.235. The predicted octanol–water partition coefficient (Wildman–Crippen LogP) is 2.78. The van der Waals surface area contributed by atoms with Gasteiger partial charge in [0, 0.05) is 30.9 Å². The summed E-state index contributed by atoms with van der Waals surface area (Å²) in [5, 5.41) is 0. The Hall–Kier alpha value is -2.13. The molecular formula is C17H18N2O. The molecule has 3 rings (SSSR count). The van der Waals surface area contributed by atoms with Gasteiger partial charge in [-0.3, -0.25) is 4.79 Å². The molecule has 2 aromatic carbocycles. The molecule has 0 N–H and O–H groups in total. The van der Waals surface area contributed by atoms with Gasteiger partial charge in [-0.15, -0.1) is 0 Å². The van der Waals surface area contributed by atoms with E-state index < -0.39 is 0 Å². The normalized spacial score (nSPS) is 15.6. The predicted molar refractivity (Wildman–Crippen MR) is 80.9 cm³/mol. The maximum absolute atomic E-state index is 12.7. The lowest BCUT2D eigenvalue weighted by Crippen LogP contribution is -2.35. The molecule has 0 spiro atoms. The summed E-state index contributed by atoms with van der Waals surface area (Å²) >= 11 is 0. The molecule has 102 valence electrons. The zero-order valence-corrected chi connectivity index (χ0v) is 11.6. The SMILES string of the molecule is CN1CCN(C(=O)c2ccccc2)c2ccccc2C1. The van der Waals surface area contributed by atoms with E-state index >= 15 is 0 Å². The van der Waals surface area contributed by atoms with Crippen LogP contribution < -0.4 is 4.90 Å². The molecular weight excluding hydrogens is 248 g/mol. The van der Waals surface area contributed by atoms with Gasteiger partial charge in [0.1, 0.15) is 0 Å². The van der Waals surface area contributed by atoms with Gasteiger partial charge in [-0.05, 0) is 30.8 Å². The van der Waals surface area contributed by atoms with Crippen LogP contribution in [0.25, 0.3) is 0 Å². The lowest BCUT2D eigenvalue weighted by molar-refractivity contribution is 0.0986. The highest BCUT2D eigenvalue weighted by Gasteiger charge is 2.23. The smallest absolute Gasteiger partial charge is 0.258 e. The Labute approximate surface area is 119 Å². The molecule has 1 heterocycles. The first kappa shape index (κ1) is 12.9. The van der Waals surface area contributed by atoms with Crippen LogP contribution in [0.3, 0.4) is 0 Å². The van der Waals surface area contributed by atoms with Gasteiger partial charge in [-0.2, -0.15) is 0 Å². The van der Waals surface area contributed by atoms with Crippen molar-refractivity contribution in [2.75, 3.05) is 25.0 Å². The van der Waals surface area contributed by atoms with E-state index in [1.807, 2.05) is 53.4 Å². The topological polar surface area (TPSA) is 23.6 Å². The zero-order chi connectivity index (χ0) is 13.9. The van der Waals surface area contributed by atoms with Gasteiger partial charge >= 0.3 is 0 Å². The summed E-state index contributed by atoms with van der Waals surface area (Å²) in [6, 6.07) is 17.7. The van der Waals surface area contributed by atoms with Gasteiger partial charge in [0.2, 0.25) is 0 Å². The molecule has 0 fully saturated rings. The van der Waals surface area contributed by atoms with Crippen molar-refractivity contribution >= 4 is 11.6 Å². The molecule has 1 amide bonds. The third-order valence-electron chi connectivity index (χ3n) is 3.69. The summed E-state index contributed by atoms with van der Waals surface area (Å²) in [6.07, 6.45) is 0. The molecule has 20 heavy (non-hydrogen) atoms. The minimum atomic E-state index is 0.0772. The maximum Gasteiger partial charge on any atom is 0.258 e. The number of benzene rings is 2. The van der Waals surface area contributed by atoms with Crippen molar-refractivity contribution in [2.24, 2.45) is 0 Å². The van der Waals surface area contributed by atoms with Gasteiger partial charge in [0.25, 0.3) is 5.91 Å². The van der Waals surface area contributed by atoms with Gasteiger partial charge in [0.15, 0.2) is 0 Å². The van der Waals surface area contributed by atoms with E-state index in [1.54, 1.807) is 0 Å². The molecule has 0 saturated heterocycles. The van der Waals surface area contributed by atoms with Crippen LogP contribution in [0, 0.1) is 0 Å². The number of nitrogens with zero attached hydrogens (tertiary/aromatic N) is 2. The first-order valence-electron chi connectivity index (χ1n) is 6.89. The van der Waals surface area contributed by atoms with E-state index in [4.69, 9.17) is 0 Å². The van der Waals surface area contributed by atoms with E-state index in [0.717, 1.165) is 30.9 Å². The monoisotopic (exact) mass is 266 g/mol. The average molecular weight is 266 g/mol. The van der Waals surface area contributed by atoms with Crippen LogP contribution in [-0.2, 0) is 6.54 Å². The zero-order valence-electron chi connectivity index (χ0n) is 11.6. The minimum Gasteiger partial charge on any atom is -0.307 e. The number of carbonyl (C=O) groups is 1. The lowest BCUT2D eigenvalue weighted by atomic mass is 10.1. The Bertz CT molecular complexity index is 609. The first-order chi connectivity index (χ1) is 9.75. The van der Waals surface area contributed by atoms with Crippen LogP contribution in [0.4, 0.5) is 5.69 Å². The van der Waals surface area contributed by atoms with Crippen molar-refractivity contribution in [1.29, 1.82) is 0 Å². The molecule has 0 atom stereocenters. The molecule has 0 aromatic heterocycles. The number of para-hydroxylation sites is 1. The van der Waals surface area contributed by atoms with E-state index in [2.05, 4.69) is 18.0 Å². The second-order valence-corrected chi connectivity index (χ2v) is 5.19. The quantitative estimate of drug-likeness (QED) is 0.792. The minimum absolute atomic E-state index is 0.0772. The highest BCUT2D eigenvalue weighted by Crippen LogP contribution is 2.25. The largest absolute Gasteiger partial charge is 0.307 e. The van der Waals surface area contributed by atoms with Crippen molar-refractivity contribution in [3.05, 3.63) is 65.7 Å². The van der Waals surface area contributed by atoms with Crippen LogP contribution in [-0.4, -0.2) is 30.9 Å². The maximum atomic E-state index is 12.7. The van der Waals surface area contributed by atoms with E-state index in [0.29, 0.717) is 0 Å². The lowest BCUT2D eigenvalue weighted by Gasteiger charge is -2.22. The Morgan fingerprint density at radius 2 is 1.65 bits per heavy atom. The number of hydrogen-bond acceptors (Lipinski definition) is 2. The van der Waals surface area contributed by atoms with Crippen molar-refractivity contribution in [3.63, 3.8) is 0 Å². The fourth-order valence-corrected chi connectivity index (χ4v) is 2.62. The Kier molecular flexibility index (Phi) is 3.52. The van der Waals surface area contributed by atoms with E-state index in [9.17, 15) is 4.79 Å². The van der Waals surface area contributed by atoms with Crippen molar-refractivity contribution in [1.82, 2.24) is 4.90 Å². The molecule has 1 aliphatic heterocycles. The van der Waals surface area contributed by atoms with Gasteiger partial charge in [-0.25, -0.2) is 0 Å². The van der Waals surface area contributed by atoms with E-state index in [1.165, 1.54) is 5.56 Å². The summed E-state index contributed by atoms with van der Waals surface area (Å²) in [7, 11) is 2.09. The Morgan fingerprint density at radius 1 is 0.950 bits per heavy atom. The summed E-state index contributed by atoms with van der Waals surface area (Å²) in [5.41, 5.74) is 2.98. The molecule has 3 heteroatoms. The van der Waals surface area contributed by atoms with Gasteiger partial charge < -0.3 is 9.80 Å². The molecule has 0 radical (unpaired) electrons. The third-order valence-corrected chi connectivity index (χ3v) is 3.69. The van der Waals surface area contributed by atoms with Crippen molar-refractivity contribution in [2.45, 2.75) is 6.54 Å². The molecule has 0 bridgehead atoms.